The zero-order valence-electron chi connectivity index (χ0n) is 7.51. The first-order chi connectivity index (χ1) is 5.27. The maximum Gasteiger partial charge on any atom is 0.0146 e. The van der Waals surface area contributed by atoms with Gasteiger partial charge in [0.2, 0.25) is 0 Å². The van der Waals surface area contributed by atoms with Crippen LogP contribution in [0.3, 0.4) is 0 Å². The van der Waals surface area contributed by atoms with Crippen LogP contribution >= 0.6 is 0 Å². The fourth-order valence-corrected chi connectivity index (χ4v) is 2.73. The molecule has 1 N–H and O–H groups in total. The van der Waals surface area contributed by atoms with Gasteiger partial charge in [-0.1, -0.05) is 6.92 Å². The molecule has 2 heterocycles. The first-order valence-corrected chi connectivity index (χ1v) is 4.69. The van der Waals surface area contributed by atoms with E-state index in [9.17, 15) is 0 Å². The van der Waals surface area contributed by atoms with Crippen molar-refractivity contribution in [2.24, 2.45) is 11.8 Å². The molecule has 2 nitrogen and oxygen atoms in total. The average Bonchev–Trinajstić information content (AvgIpc) is 2.34. The van der Waals surface area contributed by atoms with E-state index >= 15 is 0 Å². The van der Waals surface area contributed by atoms with Crippen LogP contribution in [0.25, 0.3) is 0 Å². The third kappa shape index (κ3) is 1.30. The van der Waals surface area contributed by atoms with Gasteiger partial charge in [0.05, 0.1) is 0 Å². The van der Waals surface area contributed by atoms with Crippen molar-refractivity contribution in [1.29, 1.82) is 0 Å². The highest BCUT2D eigenvalue weighted by Gasteiger charge is 2.35. The predicted molar refractivity (Wildman–Crippen MR) is 46.6 cm³/mol. The molecule has 0 saturated carbocycles. The lowest BCUT2D eigenvalue weighted by molar-refractivity contribution is 0.142. The summed E-state index contributed by atoms with van der Waals surface area (Å²) in [5.74, 6) is 1.78. The second-order valence-corrected chi connectivity index (χ2v) is 4.23. The minimum atomic E-state index is 0.825. The highest BCUT2D eigenvalue weighted by molar-refractivity contribution is 4.93. The molecule has 3 unspecified atom stereocenters. The molecule has 2 aliphatic heterocycles. The standard InChI is InChI=1S/C9H18N2/c1-7-5-11(2)6-8-3-4-10-9(7)8/h7-10H,3-6H2,1-2H3. The average molecular weight is 154 g/mol. The summed E-state index contributed by atoms with van der Waals surface area (Å²) < 4.78 is 0. The van der Waals surface area contributed by atoms with Crippen LogP contribution in [0, 0.1) is 11.8 Å². The smallest absolute Gasteiger partial charge is 0.0146 e. The summed E-state index contributed by atoms with van der Waals surface area (Å²) in [5, 5.41) is 3.60. The van der Waals surface area contributed by atoms with E-state index in [2.05, 4.69) is 24.2 Å². The minimum absolute atomic E-state index is 0.825. The van der Waals surface area contributed by atoms with Gasteiger partial charge in [-0.25, -0.2) is 0 Å². The second-order valence-electron chi connectivity index (χ2n) is 4.23. The molecule has 2 saturated heterocycles. The Balaban J connectivity index is 2.04. The van der Waals surface area contributed by atoms with E-state index in [1.165, 1.54) is 26.1 Å². The number of likely N-dealkylation sites (tertiary alicyclic amines) is 1. The van der Waals surface area contributed by atoms with Gasteiger partial charge in [-0.15, -0.1) is 0 Å². The molecular weight excluding hydrogens is 136 g/mol. The third-order valence-corrected chi connectivity index (χ3v) is 3.16. The molecular formula is C9H18N2. The molecule has 2 fully saturated rings. The minimum Gasteiger partial charge on any atom is -0.313 e. The largest absolute Gasteiger partial charge is 0.313 e. The molecule has 0 bridgehead atoms. The zero-order valence-corrected chi connectivity index (χ0v) is 7.51. The van der Waals surface area contributed by atoms with E-state index in [4.69, 9.17) is 0 Å². The Hall–Kier alpha value is -0.0800. The van der Waals surface area contributed by atoms with E-state index in [0.717, 1.165) is 17.9 Å². The number of nitrogens with zero attached hydrogens (tertiary/aromatic N) is 1. The molecule has 11 heavy (non-hydrogen) atoms. The number of piperidine rings is 1. The monoisotopic (exact) mass is 154 g/mol. The SMILES string of the molecule is CC1CN(C)CC2CCNC12. The molecule has 2 aliphatic rings. The topological polar surface area (TPSA) is 15.3 Å². The van der Waals surface area contributed by atoms with Crippen LogP contribution < -0.4 is 5.32 Å². The second kappa shape index (κ2) is 2.76. The van der Waals surface area contributed by atoms with Gasteiger partial charge in [0.1, 0.15) is 0 Å². The molecule has 0 aliphatic carbocycles. The normalized spacial score (nSPS) is 45.8. The van der Waals surface area contributed by atoms with Gasteiger partial charge in [0, 0.05) is 19.1 Å². The number of fused-ring (bicyclic) bond motifs is 1. The van der Waals surface area contributed by atoms with Crippen molar-refractivity contribution < 1.29 is 0 Å². The Bertz CT molecular complexity index is 146. The fraction of sp³-hybridized carbons (Fsp3) is 1.00. The molecule has 0 aromatic heterocycles. The number of hydrogen-bond acceptors (Lipinski definition) is 2. The third-order valence-electron chi connectivity index (χ3n) is 3.16. The van der Waals surface area contributed by atoms with E-state index in [0.29, 0.717) is 0 Å². The van der Waals surface area contributed by atoms with Gasteiger partial charge in [0.15, 0.2) is 0 Å². The molecule has 0 amide bonds. The summed E-state index contributed by atoms with van der Waals surface area (Å²) in [6.07, 6.45) is 1.39. The maximum atomic E-state index is 3.60. The van der Waals surface area contributed by atoms with Crippen LogP contribution in [0.5, 0.6) is 0 Å². The van der Waals surface area contributed by atoms with Gasteiger partial charge in [-0.05, 0) is 31.8 Å². The zero-order chi connectivity index (χ0) is 7.84. The van der Waals surface area contributed by atoms with Crippen molar-refractivity contribution in [2.75, 3.05) is 26.7 Å². The number of nitrogens with one attached hydrogen (secondary N) is 1. The Kier molecular flexibility index (Phi) is 1.90. The number of hydrogen-bond donors (Lipinski definition) is 1. The summed E-state index contributed by atoms with van der Waals surface area (Å²) in [6.45, 7) is 6.19. The van der Waals surface area contributed by atoms with Crippen molar-refractivity contribution in [2.45, 2.75) is 19.4 Å². The molecule has 0 aromatic carbocycles. The molecule has 0 radical (unpaired) electrons. The molecule has 2 heteroatoms. The van der Waals surface area contributed by atoms with Crippen LogP contribution in [0.4, 0.5) is 0 Å². The van der Waals surface area contributed by atoms with Crippen molar-refractivity contribution in [3.63, 3.8) is 0 Å². The van der Waals surface area contributed by atoms with Crippen LogP contribution in [0.15, 0.2) is 0 Å². The lowest BCUT2D eigenvalue weighted by atomic mass is 9.86. The summed E-state index contributed by atoms with van der Waals surface area (Å²) in [5.41, 5.74) is 0. The van der Waals surface area contributed by atoms with Gasteiger partial charge in [0.25, 0.3) is 0 Å². The van der Waals surface area contributed by atoms with Gasteiger partial charge in [-0.2, -0.15) is 0 Å². The van der Waals surface area contributed by atoms with Crippen molar-refractivity contribution in [3.05, 3.63) is 0 Å². The van der Waals surface area contributed by atoms with E-state index in [1.807, 2.05) is 0 Å². The Labute approximate surface area is 69.0 Å². The Morgan fingerprint density at radius 3 is 3.00 bits per heavy atom. The quantitative estimate of drug-likeness (QED) is 0.548. The van der Waals surface area contributed by atoms with Gasteiger partial charge in [-0.3, -0.25) is 0 Å². The van der Waals surface area contributed by atoms with Crippen LogP contribution in [-0.4, -0.2) is 37.6 Å². The van der Waals surface area contributed by atoms with Crippen molar-refractivity contribution in [3.8, 4) is 0 Å². The van der Waals surface area contributed by atoms with E-state index in [-0.39, 0.29) is 0 Å². The summed E-state index contributed by atoms with van der Waals surface area (Å²) in [7, 11) is 2.24. The maximum absolute atomic E-state index is 3.60. The lowest BCUT2D eigenvalue weighted by Crippen LogP contribution is -2.48. The lowest BCUT2D eigenvalue weighted by Gasteiger charge is -2.37. The first-order valence-electron chi connectivity index (χ1n) is 4.69. The van der Waals surface area contributed by atoms with E-state index in [1.54, 1.807) is 0 Å². The predicted octanol–water partition coefficient (Wildman–Crippen LogP) is 0.546. The van der Waals surface area contributed by atoms with Crippen LogP contribution in [0.2, 0.25) is 0 Å². The Morgan fingerprint density at radius 2 is 2.18 bits per heavy atom. The molecule has 0 aromatic rings. The summed E-state index contributed by atoms with van der Waals surface area (Å²) >= 11 is 0. The van der Waals surface area contributed by atoms with Crippen molar-refractivity contribution in [1.82, 2.24) is 10.2 Å². The highest BCUT2D eigenvalue weighted by Crippen LogP contribution is 2.27. The Morgan fingerprint density at radius 1 is 1.36 bits per heavy atom. The van der Waals surface area contributed by atoms with Crippen LogP contribution in [-0.2, 0) is 0 Å². The number of rotatable bonds is 0. The molecule has 64 valence electrons. The van der Waals surface area contributed by atoms with Crippen molar-refractivity contribution >= 4 is 0 Å². The summed E-state index contributed by atoms with van der Waals surface area (Å²) in [6, 6.07) is 0.825. The molecule has 0 spiro atoms. The van der Waals surface area contributed by atoms with Crippen LogP contribution in [0.1, 0.15) is 13.3 Å². The first kappa shape index (κ1) is 7.56. The molecule has 3 atom stereocenters. The van der Waals surface area contributed by atoms with Gasteiger partial charge >= 0.3 is 0 Å². The summed E-state index contributed by atoms with van der Waals surface area (Å²) in [4.78, 5) is 2.47. The molecule has 2 rings (SSSR count). The fourth-order valence-electron chi connectivity index (χ4n) is 2.73. The van der Waals surface area contributed by atoms with Gasteiger partial charge < -0.3 is 10.2 Å². The highest BCUT2D eigenvalue weighted by atomic mass is 15.1. The van der Waals surface area contributed by atoms with E-state index < -0.39 is 0 Å².